The van der Waals surface area contributed by atoms with Crippen molar-refractivity contribution in [1.82, 2.24) is 5.32 Å². The van der Waals surface area contributed by atoms with Gasteiger partial charge in [-0.1, -0.05) is 55.1 Å². The van der Waals surface area contributed by atoms with E-state index in [-0.39, 0.29) is 24.9 Å². The fourth-order valence-electron chi connectivity index (χ4n) is 2.43. The van der Waals surface area contributed by atoms with Crippen molar-refractivity contribution in [3.05, 3.63) is 78.4 Å². The molecule has 0 atom stereocenters. The molecule has 2 aromatic rings. The third kappa shape index (κ3) is 7.77. The maximum Gasteiger partial charge on any atom is 0.310 e. The van der Waals surface area contributed by atoms with Gasteiger partial charge in [-0.05, 0) is 30.5 Å². The van der Waals surface area contributed by atoms with E-state index in [9.17, 15) is 9.59 Å². The zero-order chi connectivity index (χ0) is 19.3. The Labute approximate surface area is 160 Å². The van der Waals surface area contributed by atoms with Crippen LogP contribution in [0.5, 0.6) is 5.75 Å². The smallest absolute Gasteiger partial charge is 0.310 e. The summed E-state index contributed by atoms with van der Waals surface area (Å²) in [6.07, 6.45) is 3.02. The lowest BCUT2D eigenvalue weighted by atomic mass is 10.1. The second-order valence-corrected chi connectivity index (χ2v) is 5.98. The summed E-state index contributed by atoms with van der Waals surface area (Å²) in [6.45, 7) is 4.77. The van der Waals surface area contributed by atoms with E-state index < -0.39 is 0 Å². The molecule has 142 valence electrons. The molecular formula is C22H25NO4. The number of nitrogens with one attached hydrogen (secondary N) is 1. The molecule has 1 amide bonds. The van der Waals surface area contributed by atoms with Gasteiger partial charge in [0.15, 0.2) is 0 Å². The summed E-state index contributed by atoms with van der Waals surface area (Å²) in [5, 5.41) is 2.72. The Morgan fingerprint density at radius 3 is 2.52 bits per heavy atom. The molecule has 2 aromatic carbocycles. The van der Waals surface area contributed by atoms with E-state index in [1.54, 1.807) is 0 Å². The van der Waals surface area contributed by atoms with E-state index in [0.717, 1.165) is 24.0 Å². The highest BCUT2D eigenvalue weighted by molar-refractivity contribution is 5.86. The predicted molar refractivity (Wildman–Crippen MR) is 104 cm³/mol. The van der Waals surface area contributed by atoms with Crippen molar-refractivity contribution in [2.24, 2.45) is 0 Å². The molecule has 0 aliphatic carbocycles. The van der Waals surface area contributed by atoms with Crippen LogP contribution in [0.25, 0.3) is 0 Å². The van der Waals surface area contributed by atoms with Crippen molar-refractivity contribution >= 4 is 11.9 Å². The first kappa shape index (κ1) is 20.2. The summed E-state index contributed by atoms with van der Waals surface area (Å²) in [6, 6.07) is 17.0. The van der Waals surface area contributed by atoms with E-state index >= 15 is 0 Å². The standard InChI is InChI=1S/C22H25NO4/c1-2-21(24)23-14-8-9-15-26-20-13-7-6-12-19(20)16-22(25)27-17-18-10-4-3-5-11-18/h2-7,10-13H,1,8-9,14-17H2,(H,23,24). The van der Waals surface area contributed by atoms with Gasteiger partial charge in [-0.2, -0.15) is 0 Å². The summed E-state index contributed by atoms with van der Waals surface area (Å²) in [7, 11) is 0. The highest BCUT2D eigenvalue weighted by atomic mass is 16.5. The SMILES string of the molecule is C=CC(=O)NCCCCOc1ccccc1CC(=O)OCc1ccccc1. The molecule has 27 heavy (non-hydrogen) atoms. The highest BCUT2D eigenvalue weighted by Crippen LogP contribution is 2.19. The lowest BCUT2D eigenvalue weighted by molar-refractivity contribution is -0.144. The van der Waals surface area contributed by atoms with Gasteiger partial charge in [0, 0.05) is 12.1 Å². The first-order valence-corrected chi connectivity index (χ1v) is 8.99. The number of carbonyl (C=O) groups excluding carboxylic acids is 2. The minimum absolute atomic E-state index is 0.165. The van der Waals surface area contributed by atoms with Crippen LogP contribution in [0.2, 0.25) is 0 Å². The molecule has 0 saturated carbocycles. The summed E-state index contributed by atoms with van der Waals surface area (Å²) in [5.74, 6) is 0.224. The normalized spacial score (nSPS) is 10.1. The molecule has 0 spiro atoms. The van der Waals surface area contributed by atoms with Gasteiger partial charge >= 0.3 is 5.97 Å². The van der Waals surface area contributed by atoms with Crippen LogP contribution in [-0.4, -0.2) is 25.0 Å². The maximum absolute atomic E-state index is 12.1. The third-order valence-corrected chi connectivity index (χ3v) is 3.86. The van der Waals surface area contributed by atoms with Crippen LogP contribution in [-0.2, 0) is 27.4 Å². The van der Waals surface area contributed by atoms with Crippen molar-refractivity contribution in [2.75, 3.05) is 13.2 Å². The van der Waals surface area contributed by atoms with E-state index in [0.29, 0.717) is 18.9 Å². The fourth-order valence-corrected chi connectivity index (χ4v) is 2.43. The summed E-state index contributed by atoms with van der Waals surface area (Å²) >= 11 is 0. The van der Waals surface area contributed by atoms with Gasteiger partial charge < -0.3 is 14.8 Å². The minimum Gasteiger partial charge on any atom is -0.493 e. The van der Waals surface area contributed by atoms with Crippen LogP contribution in [0, 0.1) is 0 Å². The van der Waals surface area contributed by atoms with Gasteiger partial charge in [-0.25, -0.2) is 0 Å². The Balaban J connectivity index is 1.74. The number of para-hydroxylation sites is 1. The van der Waals surface area contributed by atoms with Gasteiger partial charge in [-0.15, -0.1) is 0 Å². The average molecular weight is 367 g/mol. The molecule has 1 N–H and O–H groups in total. The van der Waals surface area contributed by atoms with Gasteiger partial charge in [0.05, 0.1) is 13.0 Å². The quantitative estimate of drug-likeness (QED) is 0.375. The lowest BCUT2D eigenvalue weighted by Crippen LogP contribution is -2.22. The van der Waals surface area contributed by atoms with Gasteiger partial charge in [0.2, 0.25) is 5.91 Å². The zero-order valence-electron chi connectivity index (χ0n) is 15.4. The van der Waals surface area contributed by atoms with Crippen LogP contribution >= 0.6 is 0 Å². The molecule has 0 aliphatic heterocycles. The van der Waals surface area contributed by atoms with E-state index in [4.69, 9.17) is 9.47 Å². The Bertz CT molecular complexity index is 743. The Morgan fingerprint density at radius 2 is 1.74 bits per heavy atom. The van der Waals surface area contributed by atoms with Gasteiger partial charge in [0.25, 0.3) is 0 Å². The molecule has 0 aliphatic rings. The first-order valence-electron chi connectivity index (χ1n) is 8.99. The molecule has 0 radical (unpaired) electrons. The van der Waals surface area contributed by atoms with Crippen molar-refractivity contribution in [3.8, 4) is 5.75 Å². The van der Waals surface area contributed by atoms with Gasteiger partial charge in [-0.3, -0.25) is 9.59 Å². The number of unbranched alkanes of at least 4 members (excludes halogenated alkanes) is 1. The number of hydrogen-bond donors (Lipinski definition) is 1. The van der Waals surface area contributed by atoms with Crippen molar-refractivity contribution < 1.29 is 19.1 Å². The number of amides is 1. The molecule has 0 bridgehead atoms. The molecule has 5 nitrogen and oxygen atoms in total. The second kappa shape index (κ2) is 11.5. The number of hydrogen-bond acceptors (Lipinski definition) is 4. The van der Waals surface area contributed by atoms with Crippen LogP contribution in [0.15, 0.2) is 67.3 Å². The maximum atomic E-state index is 12.1. The number of rotatable bonds is 11. The third-order valence-electron chi connectivity index (χ3n) is 3.86. The first-order chi connectivity index (χ1) is 13.2. The van der Waals surface area contributed by atoms with Crippen molar-refractivity contribution in [1.29, 1.82) is 0 Å². The molecule has 0 fully saturated rings. The monoisotopic (exact) mass is 367 g/mol. The Morgan fingerprint density at radius 1 is 1.00 bits per heavy atom. The molecular weight excluding hydrogens is 342 g/mol. The molecule has 2 rings (SSSR count). The average Bonchev–Trinajstić information content (AvgIpc) is 2.70. The van der Waals surface area contributed by atoms with Crippen LogP contribution in [0.3, 0.4) is 0 Å². The largest absolute Gasteiger partial charge is 0.493 e. The van der Waals surface area contributed by atoms with Crippen molar-refractivity contribution in [2.45, 2.75) is 25.9 Å². The summed E-state index contributed by atoms with van der Waals surface area (Å²) in [5.41, 5.74) is 1.76. The van der Waals surface area contributed by atoms with Crippen LogP contribution in [0.4, 0.5) is 0 Å². The predicted octanol–water partition coefficient (Wildman–Crippen LogP) is 3.43. The summed E-state index contributed by atoms with van der Waals surface area (Å²) in [4.78, 5) is 23.2. The van der Waals surface area contributed by atoms with Crippen LogP contribution in [0.1, 0.15) is 24.0 Å². The van der Waals surface area contributed by atoms with Crippen molar-refractivity contribution in [3.63, 3.8) is 0 Å². The second-order valence-electron chi connectivity index (χ2n) is 5.98. The number of benzene rings is 2. The molecule has 5 heteroatoms. The van der Waals surface area contributed by atoms with Gasteiger partial charge in [0.1, 0.15) is 12.4 Å². The van der Waals surface area contributed by atoms with Crippen LogP contribution < -0.4 is 10.1 Å². The topological polar surface area (TPSA) is 64.6 Å². The number of esters is 1. The Hall–Kier alpha value is -3.08. The molecule has 0 unspecified atom stereocenters. The molecule has 0 heterocycles. The Kier molecular flexibility index (Phi) is 8.63. The lowest BCUT2D eigenvalue weighted by Gasteiger charge is -2.11. The van der Waals surface area contributed by atoms with E-state index in [1.165, 1.54) is 6.08 Å². The number of carbonyl (C=O) groups is 2. The van der Waals surface area contributed by atoms with E-state index in [2.05, 4.69) is 11.9 Å². The summed E-state index contributed by atoms with van der Waals surface area (Å²) < 4.78 is 11.1. The molecule has 0 aromatic heterocycles. The zero-order valence-corrected chi connectivity index (χ0v) is 15.4. The molecule has 0 saturated heterocycles. The minimum atomic E-state index is -0.290. The number of ether oxygens (including phenoxy) is 2. The van der Waals surface area contributed by atoms with E-state index in [1.807, 2.05) is 54.6 Å². The highest BCUT2D eigenvalue weighted by Gasteiger charge is 2.10. The fraction of sp³-hybridized carbons (Fsp3) is 0.273.